The van der Waals surface area contributed by atoms with Crippen molar-refractivity contribution < 1.29 is 4.79 Å². The molecule has 120 valence electrons. The fraction of sp³-hybridized carbons (Fsp3) is 0.312. The smallest absolute Gasteiger partial charge is 0.267 e. The third-order valence-electron chi connectivity index (χ3n) is 3.68. The first-order chi connectivity index (χ1) is 10.9. The van der Waals surface area contributed by atoms with Crippen LogP contribution in [0.1, 0.15) is 46.5 Å². The Labute approximate surface area is 146 Å². The number of halogens is 1. The van der Waals surface area contributed by atoms with Gasteiger partial charge in [0.15, 0.2) is 0 Å². The molecule has 0 aliphatic carbocycles. The van der Waals surface area contributed by atoms with Crippen molar-refractivity contribution in [2.24, 2.45) is 0 Å². The molecule has 0 radical (unpaired) electrons. The summed E-state index contributed by atoms with van der Waals surface area (Å²) < 4.78 is 2.96. The second-order valence-corrected chi connectivity index (χ2v) is 7.65. The van der Waals surface area contributed by atoms with Crippen LogP contribution in [-0.4, -0.2) is 20.5 Å². The molecule has 0 spiro atoms. The molecule has 23 heavy (non-hydrogen) atoms. The summed E-state index contributed by atoms with van der Waals surface area (Å²) in [7, 11) is 0. The van der Waals surface area contributed by atoms with E-state index in [1.807, 2.05) is 36.4 Å². The van der Waals surface area contributed by atoms with Gasteiger partial charge in [0.25, 0.3) is 5.91 Å². The number of benzene rings is 1. The van der Waals surface area contributed by atoms with Crippen LogP contribution in [0.15, 0.2) is 22.7 Å². The van der Waals surface area contributed by atoms with Gasteiger partial charge in [-0.2, -0.15) is 0 Å². The van der Waals surface area contributed by atoms with Crippen LogP contribution in [0.3, 0.4) is 0 Å². The number of thiazole rings is 1. The predicted octanol–water partition coefficient (Wildman–Crippen LogP) is 4.55. The molecule has 0 aliphatic rings. The Morgan fingerprint density at radius 1 is 1.30 bits per heavy atom. The van der Waals surface area contributed by atoms with Crippen LogP contribution < -0.4 is 5.32 Å². The van der Waals surface area contributed by atoms with Crippen molar-refractivity contribution in [3.05, 3.63) is 44.6 Å². The number of hydrogen-bond donors (Lipinski definition) is 1. The quantitative estimate of drug-likeness (QED) is 0.711. The number of nitrogens with zero attached hydrogens (tertiary/aromatic N) is 3. The number of hydrogen-bond acceptors (Lipinski definition) is 4. The normalized spacial score (nSPS) is 11.4. The minimum Gasteiger partial charge on any atom is -0.321 e. The van der Waals surface area contributed by atoms with Gasteiger partial charge in [0.1, 0.15) is 10.7 Å². The Morgan fingerprint density at radius 2 is 2.04 bits per heavy atom. The van der Waals surface area contributed by atoms with Gasteiger partial charge in [-0.1, -0.05) is 41.1 Å². The molecule has 1 N–H and O–H groups in total. The molecular formula is C16H17BrN4OS. The summed E-state index contributed by atoms with van der Waals surface area (Å²) in [5, 5.41) is 11.4. The molecule has 3 rings (SSSR count). The number of anilines is 1. The second kappa shape index (κ2) is 6.05. The molecule has 0 fully saturated rings. The van der Waals surface area contributed by atoms with Crippen LogP contribution >= 0.6 is 27.3 Å². The largest absolute Gasteiger partial charge is 0.321 e. The van der Waals surface area contributed by atoms with Gasteiger partial charge in [0, 0.05) is 21.8 Å². The highest BCUT2D eigenvalue weighted by Gasteiger charge is 2.21. The summed E-state index contributed by atoms with van der Waals surface area (Å²) in [6.45, 7) is 8.04. The highest BCUT2D eigenvalue weighted by molar-refractivity contribution is 9.10. The summed E-state index contributed by atoms with van der Waals surface area (Å²) in [5.41, 5.74) is 2.70. The highest BCUT2D eigenvalue weighted by atomic mass is 79.9. The molecule has 7 heteroatoms. The maximum absolute atomic E-state index is 12.6. The van der Waals surface area contributed by atoms with Gasteiger partial charge >= 0.3 is 0 Å². The molecule has 0 saturated heterocycles. The fourth-order valence-electron chi connectivity index (χ4n) is 2.46. The number of amides is 1. The van der Waals surface area contributed by atoms with Crippen molar-refractivity contribution in [3.8, 4) is 0 Å². The number of rotatable bonds is 3. The number of aromatic nitrogens is 3. The van der Waals surface area contributed by atoms with E-state index >= 15 is 0 Å². The van der Waals surface area contributed by atoms with Crippen LogP contribution in [-0.2, 0) is 0 Å². The molecule has 3 aromatic rings. The van der Waals surface area contributed by atoms with Crippen LogP contribution in [0, 0.1) is 13.8 Å². The molecule has 1 amide bonds. The Morgan fingerprint density at radius 3 is 2.70 bits per heavy atom. The molecule has 2 heterocycles. The lowest BCUT2D eigenvalue weighted by Gasteiger charge is -2.08. The fourth-order valence-corrected chi connectivity index (χ4v) is 3.90. The van der Waals surface area contributed by atoms with Crippen LogP contribution in [0.2, 0.25) is 0 Å². The van der Waals surface area contributed by atoms with Crippen molar-refractivity contribution in [2.45, 2.75) is 33.6 Å². The first-order valence-corrected chi connectivity index (χ1v) is 8.91. The van der Waals surface area contributed by atoms with E-state index in [0.29, 0.717) is 4.88 Å². The zero-order valence-electron chi connectivity index (χ0n) is 13.3. The first-order valence-electron chi connectivity index (χ1n) is 7.30. The number of aryl methyl sites for hydroxylation is 2. The Bertz CT molecular complexity index is 897. The maximum atomic E-state index is 12.6. The zero-order valence-corrected chi connectivity index (χ0v) is 15.7. The van der Waals surface area contributed by atoms with E-state index < -0.39 is 0 Å². The summed E-state index contributed by atoms with van der Waals surface area (Å²) in [5.74, 6) is 1.02. The van der Waals surface area contributed by atoms with Crippen molar-refractivity contribution in [3.63, 3.8) is 0 Å². The molecule has 5 nitrogen and oxygen atoms in total. The number of carbonyl (C=O) groups excluding carboxylic acids is 1. The van der Waals surface area contributed by atoms with E-state index in [2.05, 4.69) is 45.3 Å². The van der Waals surface area contributed by atoms with Gasteiger partial charge in [-0.15, -0.1) is 10.2 Å². The van der Waals surface area contributed by atoms with Gasteiger partial charge in [-0.05, 0) is 37.6 Å². The van der Waals surface area contributed by atoms with E-state index in [1.165, 1.54) is 11.3 Å². The minimum absolute atomic E-state index is 0.113. The lowest BCUT2D eigenvalue weighted by atomic mass is 10.2. The van der Waals surface area contributed by atoms with Gasteiger partial charge < -0.3 is 5.32 Å². The van der Waals surface area contributed by atoms with Gasteiger partial charge in [0.05, 0.1) is 0 Å². The Kier molecular flexibility index (Phi) is 4.25. The Balaban J connectivity index is 1.96. The topological polar surface area (TPSA) is 59.3 Å². The molecule has 1 aromatic carbocycles. The lowest BCUT2D eigenvalue weighted by Crippen LogP contribution is -2.13. The molecule has 0 atom stereocenters. The summed E-state index contributed by atoms with van der Waals surface area (Å²) >= 11 is 4.80. The molecule has 0 saturated carbocycles. The summed E-state index contributed by atoms with van der Waals surface area (Å²) in [6.07, 6.45) is 0. The average Bonchev–Trinajstić information content (AvgIpc) is 3.03. The monoisotopic (exact) mass is 392 g/mol. The average molecular weight is 393 g/mol. The number of carbonyl (C=O) groups is 1. The van der Waals surface area contributed by atoms with Crippen molar-refractivity contribution >= 4 is 43.8 Å². The number of fused-ring (bicyclic) bond motifs is 1. The van der Waals surface area contributed by atoms with E-state index in [1.54, 1.807) is 0 Å². The maximum Gasteiger partial charge on any atom is 0.267 e. The van der Waals surface area contributed by atoms with E-state index in [9.17, 15) is 4.79 Å². The van der Waals surface area contributed by atoms with Gasteiger partial charge in [0.2, 0.25) is 4.96 Å². The van der Waals surface area contributed by atoms with Crippen LogP contribution in [0.4, 0.5) is 5.69 Å². The number of nitrogens with one attached hydrogen (secondary N) is 1. The van der Waals surface area contributed by atoms with E-state index in [-0.39, 0.29) is 11.8 Å². The van der Waals surface area contributed by atoms with Crippen LogP contribution in [0.25, 0.3) is 4.96 Å². The van der Waals surface area contributed by atoms with Gasteiger partial charge in [-0.3, -0.25) is 9.20 Å². The zero-order chi connectivity index (χ0) is 16.7. The minimum atomic E-state index is -0.113. The third kappa shape index (κ3) is 2.90. The standard InChI is InChI=1S/C16H17BrN4OS/c1-8(2)14-19-20-16-21(14)10(4)13(23-16)15(22)18-12-6-5-11(17)7-9(12)3/h5-8H,1-4H3,(H,18,22). The molecular weight excluding hydrogens is 376 g/mol. The molecule has 0 bridgehead atoms. The predicted molar refractivity (Wildman–Crippen MR) is 96.5 cm³/mol. The van der Waals surface area contributed by atoms with E-state index in [0.717, 1.165) is 32.2 Å². The van der Waals surface area contributed by atoms with Crippen molar-refractivity contribution in [1.82, 2.24) is 14.6 Å². The third-order valence-corrected chi connectivity index (χ3v) is 5.30. The summed E-state index contributed by atoms with van der Waals surface area (Å²) in [4.78, 5) is 14.1. The van der Waals surface area contributed by atoms with Crippen molar-refractivity contribution in [2.75, 3.05) is 5.32 Å². The van der Waals surface area contributed by atoms with E-state index in [4.69, 9.17) is 0 Å². The van der Waals surface area contributed by atoms with Crippen LogP contribution in [0.5, 0.6) is 0 Å². The molecule has 2 aromatic heterocycles. The summed E-state index contributed by atoms with van der Waals surface area (Å²) in [6, 6.07) is 5.79. The highest BCUT2D eigenvalue weighted by Crippen LogP contribution is 2.27. The second-order valence-electron chi connectivity index (χ2n) is 5.76. The van der Waals surface area contributed by atoms with Crippen molar-refractivity contribution in [1.29, 1.82) is 0 Å². The first kappa shape index (κ1) is 16.1. The SMILES string of the molecule is Cc1cc(Br)ccc1NC(=O)c1sc2nnc(C(C)C)n2c1C. The van der Waals surface area contributed by atoms with Gasteiger partial charge in [-0.25, -0.2) is 0 Å². The molecule has 0 unspecified atom stereocenters. The lowest BCUT2D eigenvalue weighted by molar-refractivity contribution is 0.102. The molecule has 0 aliphatic heterocycles. The Hall–Kier alpha value is -1.73.